The number of halogens is 2. The number of hydrogen-bond acceptors (Lipinski definition) is 6. The molecule has 0 saturated heterocycles. The molecule has 0 aromatic heterocycles. The van der Waals surface area contributed by atoms with Crippen molar-refractivity contribution in [1.82, 2.24) is 0 Å². The van der Waals surface area contributed by atoms with Crippen molar-refractivity contribution in [3.8, 4) is 5.75 Å². The normalized spacial score (nSPS) is 10.1. The van der Waals surface area contributed by atoms with Crippen LogP contribution in [-0.2, 0) is 9.53 Å². The van der Waals surface area contributed by atoms with Gasteiger partial charge in [-0.05, 0) is 46.3 Å². The third kappa shape index (κ3) is 4.76. The summed E-state index contributed by atoms with van der Waals surface area (Å²) >= 11 is 3.19. The Balaban J connectivity index is 2.00. The molecule has 0 heterocycles. The molecule has 0 aliphatic heterocycles. The first-order valence-electron chi connectivity index (χ1n) is 7.06. The van der Waals surface area contributed by atoms with Gasteiger partial charge in [0.1, 0.15) is 5.75 Å². The summed E-state index contributed by atoms with van der Waals surface area (Å²) in [6, 6.07) is 7.54. The number of nitro benzene ring substituents is 1. The molecule has 2 aromatic rings. The first kappa shape index (κ1) is 19.3. The van der Waals surface area contributed by atoms with Crippen LogP contribution in [0.15, 0.2) is 40.9 Å². The molecule has 2 aromatic carbocycles. The molecule has 0 unspecified atom stereocenters. The van der Waals surface area contributed by atoms with Crippen LogP contribution in [0.25, 0.3) is 0 Å². The van der Waals surface area contributed by atoms with Gasteiger partial charge in [-0.3, -0.25) is 14.9 Å². The topological polar surface area (TPSA) is 108 Å². The van der Waals surface area contributed by atoms with Gasteiger partial charge in [0.15, 0.2) is 6.61 Å². The molecule has 2 rings (SSSR count). The van der Waals surface area contributed by atoms with Crippen molar-refractivity contribution in [2.75, 3.05) is 19.0 Å². The van der Waals surface area contributed by atoms with Crippen molar-refractivity contribution in [2.24, 2.45) is 0 Å². The van der Waals surface area contributed by atoms with Gasteiger partial charge < -0.3 is 14.8 Å². The number of carbonyl (C=O) groups is 2. The Morgan fingerprint density at radius 1 is 1.27 bits per heavy atom. The summed E-state index contributed by atoms with van der Waals surface area (Å²) in [4.78, 5) is 33.7. The molecule has 0 radical (unpaired) electrons. The molecule has 1 N–H and O–H groups in total. The second-order valence-electron chi connectivity index (χ2n) is 4.89. The lowest BCUT2D eigenvalue weighted by molar-refractivity contribution is -0.387. The number of esters is 1. The zero-order valence-corrected chi connectivity index (χ0v) is 14.9. The van der Waals surface area contributed by atoms with Gasteiger partial charge in [0, 0.05) is 16.2 Å². The molecular weight excluding hydrogens is 415 g/mol. The van der Waals surface area contributed by atoms with Gasteiger partial charge in [-0.25, -0.2) is 4.79 Å². The van der Waals surface area contributed by atoms with Crippen molar-refractivity contribution in [3.63, 3.8) is 0 Å². The van der Waals surface area contributed by atoms with Crippen LogP contribution in [0.1, 0.15) is 10.4 Å². The van der Waals surface area contributed by atoms with Crippen LogP contribution >= 0.6 is 15.9 Å². The molecule has 1 amide bonds. The summed E-state index contributed by atoms with van der Waals surface area (Å²) in [5, 5.41) is 13.0. The minimum atomic E-state index is -1.03. The van der Waals surface area contributed by atoms with E-state index in [0.29, 0.717) is 10.2 Å². The van der Waals surface area contributed by atoms with Gasteiger partial charge in [0.2, 0.25) is 5.82 Å². The Morgan fingerprint density at radius 3 is 2.65 bits per heavy atom. The van der Waals surface area contributed by atoms with Crippen molar-refractivity contribution in [1.29, 1.82) is 0 Å². The van der Waals surface area contributed by atoms with Crippen LogP contribution in [-0.4, -0.2) is 30.5 Å². The van der Waals surface area contributed by atoms with E-state index in [4.69, 9.17) is 9.47 Å². The lowest BCUT2D eigenvalue weighted by Gasteiger charge is -2.09. The van der Waals surface area contributed by atoms with Crippen LogP contribution in [0.3, 0.4) is 0 Å². The van der Waals surface area contributed by atoms with Gasteiger partial charge in [-0.15, -0.1) is 0 Å². The maximum Gasteiger partial charge on any atom is 0.339 e. The van der Waals surface area contributed by atoms with Crippen LogP contribution in [0.2, 0.25) is 0 Å². The van der Waals surface area contributed by atoms with Crippen LogP contribution < -0.4 is 10.1 Å². The lowest BCUT2D eigenvalue weighted by Crippen LogP contribution is -2.21. The minimum absolute atomic E-state index is 0.00158. The molecule has 0 aliphatic carbocycles. The second-order valence-corrected chi connectivity index (χ2v) is 5.75. The van der Waals surface area contributed by atoms with E-state index in [2.05, 4.69) is 21.2 Å². The summed E-state index contributed by atoms with van der Waals surface area (Å²) in [5.74, 6) is -2.10. The number of hydrogen-bond donors (Lipinski definition) is 1. The standard InChI is InChI=1S/C16H12BrFN2O6/c1-25-10-3-4-12(17)11(7-10)16(22)26-8-15(21)19-9-2-5-13(18)14(6-9)20(23)24/h2-7H,8H2,1H3,(H,19,21). The molecule has 0 fully saturated rings. The van der Waals surface area contributed by atoms with E-state index in [9.17, 15) is 24.1 Å². The fourth-order valence-corrected chi connectivity index (χ4v) is 2.33. The van der Waals surface area contributed by atoms with E-state index < -0.39 is 34.9 Å². The summed E-state index contributed by atoms with van der Waals surface area (Å²) < 4.78 is 23.6. The molecule has 26 heavy (non-hydrogen) atoms. The van der Waals surface area contributed by atoms with Gasteiger partial charge in [-0.2, -0.15) is 4.39 Å². The molecule has 136 valence electrons. The maximum absolute atomic E-state index is 13.3. The first-order valence-corrected chi connectivity index (χ1v) is 7.85. The van der Waals surface area contributed by atoms with Gasteiger partial charge in [0.05, 0.1) is 17.6 Å². The van der Waals surface area contributed by atoms with Gasteiger partial charge in [0.25, 0.3) is 5.91 Å². The SMILES string of the molecule is COc1ccc(Br)c(C(=O)OCC(=O)Nc2ccc(F)c([N+](=O)[O-])c2)c1. The number of methoxy groups -OCH3 is 1. The molecule has 0 atom stereocenters. The van der Waals surface area contributed by atoms with Crippen molar-refractivity contribution < 1.29 is 28.4 Å². The van der Waals surface area contributed by atoms with Gasteiger partial charge >= 0.3 is 11.7 Å². The number of amides is 1. The van der Waals surface area contributed by atoms with E-state index in [0.717, 1.165) is 18.2 Å². The minimum Gasteiger partial charge on any atom is -0.497 e. The summed E-state index contributed by atoms with van der Waals surface area (Å²) in [6.07, 6.45) is 0. The Labute approximate surface area is 155 Å². The Morgan fingerprint density at radius 2 is 2.00 bits per heavy atom. The highest BCUT2D eigenvalue weighted by Gasteiger charge is 2.17. The highest BCUT2D eigenvalue weighted by Crippen LogP contribution is 2.24. The average molecular weight is 427 g/mol. The third-order valence-electron chi connectivity index (χ3n) is 3.15. The number of nitro groups is 1. The molecule has 0 aliphatic rings. The second kappa shape index (κ2) is 8.39. The molecule has 0 bridgehead atoms. The number of benzene rings is 2. The van der Waals surface area contributed by atoms with Crippen molar-refractivity contribution in [2.45, 2.75) is 0 Å². The monoisotopic (exact) mass is 426 g/mol. The first-order chi connectivity index (χ1) is 12.3. The van der Waals surface area contributed by atoms with Gasteiger partial charge in [-0.1, -0.05) is 0 Å². The van der Waals surface area contributed by atoms with Crippen LogP contribution in [0.4, 0.5) is 15.8 Å². The number of anilines is 1. The fourth-order valence-electron chi connectivity index (χ4n) is 1.92. The van der Waals surface area contributed by atoms with E-state index in [1.54, 1.807) is 12.1 Å². The van der Waals surface area contributed by atoms with Crippen LogP contribution in [0.5, 0.6) is 5.75 Å². The number of ether oxygens (including phenoxy) is 2. The molecule has 0 spiro atoms. The zero-order valence-electron chi connectivity index (χ0n) is 13.3. The van der Waals surface area contributed by atoms with Crippen molar-refractivity contribution >= 4 is 39.2 Å². The Kier molecular flexibility index (Phi) is 6.23. The quantitative estimate of drug-likeness (QED) is 0.431. The van der Waals surface area contributed by atoms with Crippen LogP contribution in [0, 0.1) is 15.9 Å². The molecule has 8 nitrogen and oxygen atoms in total. The van der Waals surface area contributed by atoms with E-state index >= 15 is 0 Å². The highest BCUT2D eigenvalue weighted by atomic mass is 79.9. The number of carbonyl (C=O) groups excluding carboxylic acids is 2. The summed E-state index contributed by atoms with van der Waals surface area (Å²) in [6.45, 7) is -0.631. The maximum atomic E-state index is 13.3. The summed E-state index contributed by atoms with van der Waals surface area (Å²) in [7, 11) is 1.44. The number of nitrogens with zero attached hydrogens (tertiary/aromatic N) is 1. The zero-order chi connectivity index (χ0) is 19.3. The molecular formula is C16H12BrFN2O6. The highest BCUT2D eigenvalue weighted by molar-refractivity contribution is 9.10. The summed E-state index contributed by atoms with van der Waals surface area (Å²) in [5.41, 5.74) is -0.614. The predicted molar refractivity (Wildman–Crippen MR) is 92.7 cm³/mol. The predicted octanol–water partition coefficient (Wildman–Crippen LogP) is 3.30. The Hall–Kier alpha value is -3.01. The Bertz CT molecular complexity index is 874. The number of nitrogens with one attached hydrogen (secondary N) is 1. The number of rotatable bonds is 6. The van der Waals surface area contributed by atoms with Crippen molar-refractivity contribution in [3.05, 3.63) is 62.4 Å². The molecule has 10 heteroatoms. The molecule has 0 saturated carbocycles. The largest absolute Gasteiger partial charge is 0.497 e. The van der Waals surface area contributed by atoms with E-state index in [1.807, 2.05) is 0 Å². The third-order valence-corrected chi connectivity index (χ3v) is 3.85. The smallest absolute Gasteiger partial charge is 0.339 e. The van der Waals surface area contributed by atoms with E-state index in [1.165, 1.54) is 13.2 Å². The average Bonchev–Trinajstić information content (AvgIpc) is 2.61. The van der Waals surface area contributed by atoms with E-state index in [-0.39, 0.29) is 11.3 Å². The lowest BCUT2D eigenvalue weighted by atomic mass is 10.2. The fraction of sp³-hybridized carbons (Fsp3) is 0.125.